The zero-order valence-corrected chi connectivity index (χ0v) is 15.7. The molecular formula is C18H17BrN4O4. The molecule has 1 aromatic carbocycles. The first kappa shape index (κ1) is 18.1. The maximum atomic E-state index is 12.5. The number of amides is 1. The van der Waals surface area contributed by atoms with Crippen LogP contribution in [0.2, 0.25) is 0 Å². The van der Waals surface area contributed by atoms with Crippen molar-refractivity contribution < 1.29 is 19.7 Å². The highest BCUT2D eigenvalue weighted by atomic mass is 79.9. The van der Waals surface area contributed by atoms with E-state index in [1.165, 1.54) is 6.33 Å². The fourth-order valence-corrected chi connectivity index (χ4v) is 3.76. The number of aromatic nitrogens is 3. The van der Waals surface area contributed by atoms with Gasteiger partial charge in [-0.3, -0.25) is 4.79 Å². The molecule has 8 nitrogen and oxygen atoms in total. The molecular weight excluding hydrogens is 416 g/mol. The molecule has 2 aromatic heterocycles. The number of halogens is 1. The van der Waals surface area contributed by atoms with Gasteiger partial charge < -0.3 is 24.8 Å². The lowest BCUT2D eigenvalue weighted by molar-refractivity contribution is -0.0430. The van der Waals surface area contributed by atoms with Gasteiger partial charge in [0.1, 0.15) is 30.1 Å². The molecule has 0 bridgehead atoms. The van der Waals surface area contributed by atoms with Crippen LogP contribution in [0, 0.1) is 0 Å². The number of aliphatic hydroxyl groups excluding tert-OH is 2. The monoisotopic (exact) mass is 432 g/mol. The van der Waals surface area contributed by atoms with E-state index in [1.807, 2.05) is 6.07 Å². The van der Waals surface area contributed by atoms with Crippen LogP contribution in [0.5, 0.6) is 0 Å². The number of benzene rings is 1. The first-order valence-corrected chi connectivity index (χ1v) is 9.19. The van der Waals surface area contributed by atoms with Crippen LogP contribution >= 0.6 is 15.9 Å². The summed E-state index contributed by atoms with van der Waals surface area (Å²) >= 11 is 3.49. The second-order valence-electron chi connectivity index (χ2n) is 6.24. The summed E-state index contributed by atoms with van der Waals surface area (Å²) in [6, 6.07) is 8.86. The van der Waals surface area contributed by atoms with Crippen molar-refractivity contribution in [1.82, 2.24) is 14.5 Å². The van der Waals surface area contributed by atoms with E-state index in [4.69, 9.17) is 4.74 Å². The third-order valence-electron chi connectivity index (χ3n) is 4.53. The van der Waals surface area contributed by atoms with E-state index in [9.17, 15) is 15.0 Å². The largest absolute Gasteiger partial charge is 0.394 e. The number of anilines is 1. The Morgan fingerprint density at radius 1 is 1.33 bits per heavy atom. The molecule has 0 spiro atoms. The van der Waals surface area contributed by atoms with Crippen LogP contribution in [0.4, 0.5) is 5.82 Å². The molecule has 3 aromatic rings. The lowest BCUT2D eigenvalue weighted by Crippen LogP contribution is -2.24. The molecule has 1 aliphatic rings. The number of hydrogen-bond acceptors (Lipinski definition) is 6. The summed E-state index contributed by atoms with van der Waals surface area (Å²) in [4.78, 5) is 21.0. The Kier molecular flexibility index (Phi) is 4.92. The molecule has 4 rings (SSSR count). The average Bonchev–Trinajstić information content (AvgIpc) is 3.23. The van der Waals surface area contributed by atoms with Crippen LogP contribution in [0.3, 0.4) is 0 Å². The fourth-order valence-electron chi connectivity index (χ4n) is 3.17. The van der Waals surface area contributed by atoms with Crippen molar-refractivity contribution in [3.63, 3.8) is 0 Å². The molecule has 0 aliphatic carbocycles. The normalized spacial score (nSPS) is 22.3. The van der Waals surface area contributed by atoms with E-state index in [1.54, 1.807) is 35.0 Å². The predicted octanol–water partition coefficient (Wildman–Crippen LogP) is 2.09. The second kappa shape index (κ2) is 7.35. The van der Waals surface area contributed by atoms with Gasteiger partial charge in [0, 0.05) is 22.7 Å². The van der Waals surface area contributed by atoms with Gasteiger partial charge in [-0.2, -0.15) is 0 Å². The van der Waals surface area contributed by atoms with E-state index in [0.717, 1.165) is 0 Å². The van der Waals surface area contributed by atoms with Crippen LogP contribution in [-0.2, 0) is 4.74 Å². The van der Waals surface area contributed by atoms with Gasteiger partial charge in [-0.1, -0.05) is 18.2 Å². The number of carbonyl (C=O) groups is 1. The summed E-state index contributed by atoms with van der Waals surface area (Å²) in [5.74, 6) is 0.0971. The first-order valence-electron chi connectivity index (χ1n) is 8.40. The Morgan fingerprint density at radius 3 is 2.81 bits per heavy atom. The van der Waals surface area contributed by atoms with Gasteiger partial charge in [-0.05, 0) is 28.1 Å². The maximum Gasteiger partial charge on any atom is 0.256 e. The van der Waals surface area contributed by atoms with Crippen molar-refractivity contribution in [3.05, 3.63) is 52.9 Å². The number of ether oxygens (including phenoxy) is 1. The van der Waals surface area contributed by atoms with Gasteiger partial charge in [0.2, 0.25) is 0 Å². The number of aliphatic hydroxyl groups is 2. The molecule has 1 fully saturated rings. The highest BCUT2D eigenvalue weighted by Crippen LogP contribution is 2.36. The van der Waals surface area contributed by atoms with Crippen molar-refractivity contribution >= 4 is 38.7 Å². The Morgan fingerprint density at radius 2 is 2.11 bits per heavy atom. The van der Waals surface area contributed by atoms with E-state index >= 15 is 0 Å². The summed E-state index contributed by atoms with van der Waals surface area (Å²) in [6.07, 6.45) is 1.60. The third kappa shape index (κ3) is 3.34. The fraction of sp³-hybridized carbons (Fsp3) is 0.278. The number of nitrogens with one attached hydrogen (secondary N) is 1. The number of carbonyl (C=O) groups excluding carboxylic acids is 1. The summed E-state index contributed by atoms with van der Waals surface area (Å²) in [5.41, 5.74) is 1.07. The smallest absolute Gasteiger partial charge is 0.256 e. The Labute approximate surface area is 162 Å². The van der Waals surface area contributed by atoms with Gasteiger partial charge in [0.25, 0.3) is 5.91 Å². The zero-order chi connectivity index (χ0) is 19.0. The lowest BCUT2D eigenvalue weighted by atomic mass is 10.2. The molecule has 0 unspecified atom stereocenters. The van der Waals surface area contributed by atoms with Gasteiger partial charge in [-0.15, -0.1) is 0 Å². The van der Waals surface area contributed by atoms with Gasteiger partial charge in [0.05, 0.1) is 18.1 Å². The molecule has 9 heteroatoms. The number of nitrogens with zero attached hydrogens (tertiary/aromatic N) is 3. The minimum absolute atomic E-state index is 0.259. The SMILES string of the molecule is O=C(Nc1ncnc2c1c(Br)cn2[C@@H]1C[C@H](O)[C@@H](CO)O1)c1ccccc1. The van der Waals surface area contributed by atoms with Crippen molar-refractivity contribution in [2.75, 3.05) is 11.9 Å². The molecule has 27 heavy (non-hydrogen) atoms. The lowest BCUT2D eigenvalue weighted by Gasteiger charge is -2.14. The predicted molar refractivity (Wildman–Crippen MR) is 101 cm³/mol. The van der Waals surface area contributed by atoms with Gasteiger partial charge >= 0.3 is 0 Å². The Bertz CT molecular complexity index is 978. The number of rotatable bonds is 4. The minimum atomic E-state index is -0.754. The summed E-state index contributed by atoms with van der Waals surface area (Å²) < 4.78 is 8.16. The van der Waals surface area contributed by atoms with E-state index in [-0.39, 0.29) is 12.5 Å². The molecule has 3 atom stereocenters. The van der Waals surface area contributed by atoms with Crippen LogP contribution in [0.1, 0.15) is 23.0 Å². The van der Waals surface area contributed by atoms with Crippen molar-refractivity contribution in [2.45, 2.75) is 24.9 Å². The summed E-state index contributed by atoms with van der Waals surface area (Å²) in [5, 5.41) is 22.7. The molecule has 1 amide bonds. The molecule has 140 valence electrons. The maximum absolute atomic E-state index is 12.5. The average molecular weight is 433 g/mol. The number of hydrogen-bond donors (Lipinski definition) is 3. The molecule has 3 heterocycles. The molecule has 1 saturated heterocycles. The highest BCUT2D eigenvalue weighted by Gasteiger charge is 2.35. The van der Waals surface area contributed by atoms with Crippen molar-refractivity contribution in [1.29, 1.82) is 0 Å². The standard InChI is InChI=1S/C18H17BrN4O4/c19-11-7-23(14-6-12(25)13(8-24)27-14)17-15(11)16(20-9-21-17)22-18(26)10-4-2-1-3-5-10/h1-5,7,9,12-14,24-25H,6,8H2,(H,20,21,22,26)/t12-,13+,14-/m0/s1. The third-order valence-corrected chi connectivity index (χ3v) is 5.13. The van der Waals surface area contributed by atoms with Crippen LogP contribution in [0.25, 0.3) is 11.0 Å². The zero-order valence-electron chi connectivity index (χ0n) is 14.1. The Hall–Kier alpha value is -2.33. The molecule has 3 N–H and O–H groups in total. The highest BCUT2D eigenvalue weighted by molar-refractivity contribution is 9.10. The van der Waals surface area contributed by atoms with Crippen molar-refractivity contribution in [3.8, 4) is 0 Å². The molecule has 1 aliphatic heterocycles. The van der Waals surface area contributed by atoms with E-state index < -0.39 is 18.4 Å². The van der Waals surface area contributed by atoms with Crippen LogP contribution in [-0.4, -0.2) is 49.5 Å². The van der Waals surface area contributed by atoms with Crippen LogP contribution < -0.4 is 5.32 Å². The minimum Gasteiger partial charge on any atom is -0.394 e. The summed E-state index contributed by atoms with van der Waals surface area (Å²) in [7, 11) is 0. The number of fused-ring (bicyclic) bond motifs is 1. The molecule has 0 radical (unpaired) electrons. The Balaban J connectivity index is 1.68. The second-order valence-corrected chi connectivity index (χ2v) is 7.09. The van der Waals surface area contributed by atoms with Gasteiger partial charge in [-0.25, -0.2) is 9.97 Å². The quantitative estimate of drug-likeness (QED) is 0.582. The topological polar surface area (TPSA) is 110 Å². The van der Waals surface area contributed by atoms with Gasteiger partial charge in [0.15, 0.2) is 0 Å². The van der Waals surface area contributed by atoms with E-state index in [0.29, 0.717) is 33.3 Å². The first-order chi connectivity index (χ1) is 13.1. The summed E-state index contributed by atoms with van der Waals surface area (Å²) in [6.45, 7) is -0.259. The molecule has 0 saturated carbocycles. The van der Waals surface area contributed by atoms with E-state index in [2.05, 4.69) is 31.2 Å². The van der Waals surface area contributed by atoms with Crippen LogP contribution in [0.15, 0.2) is 47.3 Å². The van der Waals surface area contributed by atoms with Crippen molar-refractivity contribution in [2.24, 2.45) is 0 Å².